The maximum Gasteiger partial charge on any atom is 0.191 e. The molecule has 1 aromatic carbocycles. The van der Waals surface area contributed by atoms with Crippen LogP contribution in [0.2, 0.25) is 0 Å². The summed E-state index contributed by atoms with van der Waals surface area (Å²) in [6.07, 6.45) is 9.21. The van der Waals surface area contributed by atoms with Crippen molar-refractivity contribution in [1.29, 1.82) is 0 Å². The lowest BCUT2D eigenvalue weighted by Crippen LogP contribution is -2.39. The molecule has 0 aliphatic carbocycles. The first kappa shape index (κ1) is 21.2. The van der Waals surface area contributed by atoms with E-state index < -0.39 is 0 Å². The Bertz CT molecular complexity index is 740. The van der Waals surface area contributed by atoms with Crippen molar-refractivity contribution >= 4 is 5.96 Å². The Labute approximate surface area is 174 Å². The summed E-state index contributed by atoms with van der Waals surface area (Å²) in [4.78, 5) is 11.5. The molecule has 1 aliphatic heterocycles. The number of benzene rings is 1. The lowest BCUT2D eigenvalue weighted by molar-refractivity contribution is 0.251. The molecule has 1 saturated heterocycles. The summed E-state index contributed by atoms with van der Waals surface area (Å²) in [7, 11) is 1.72. The molecule has 2 heterocycles. The second-order valence-electron chi connectivity index (χ2n) is 7.34. The molecule has 3 rings (SSSR count). The molecule has 29 heavy (non-hydrogen) atoms. The first-order chi connectivity index (χ1) is 14.3. The Balaban J connectivity index is 1.62. The van der Waals surface area contributed by atoms with Gasteiger partial charge in [-0.1, -0.05) is 12.1 Å². The van der Waals surface area contributed by atoms with Crippen LogP contribution >= 0.6 is 0 Å². The van der Waals surface area contributed by atoms with E-state index in [1.165, 1.54) is 18.4 Å². The number of guanidine groups is 1. The summed E-state index contributed by atoms with van der Waals surface area (Å²) in [5.74, 6) is 1.78. The van der Waals surface area contributed by atoms with Crippen LogP contribution in [0, 0.1) is 0 Å². The van der Waals surface area contributed by atoms with Crippen LogP contribution < -0.4 is 15.4 Å². The zero-order valence-electron chi connectivity index (χ0n) is 17.7. The molecule has 7 nitrogen and oxygen atoms in total. The lowest BCUT2D eigenvalue weighted by atomic mass is 10.1. The van der Waals surface area contributed by atoms with Gasteiger partial charge in [0.25, 0.3) is 0 Å². The molecule has 1 unspecified atom stereocenters. The fourth-order valence-corrected chi connectivity index (χ4v) is 3.74. The molecule has 0 spiro atoms. The Hall–Kier alpha value is -2.54. The van der Waals surface area contributed by atoms with Gasteiger partial charge in [-0.15, -0.1) is 0 Å². The Morgan fingerprint density at radius 1 is 1.28 bits per heavy atom. The third-order valence-corrected chi connectivity index (χ3v) is 5.27. The summed E-state index contributed by atoms with van der Waals surface area (Å²) in [6.45, 7) is 7.76. The zero-order chi connectivity index (χ0) is 20.3. The molecule has 0 saturated carbocycles. The average Bonchev–Trinajstić information content (AvgIpc) is 3.46. The summed E-state index contributed by atoms with van der Waals surface area (Å²) in [5.41, 5.74) is 1.27. The first-order valence-electron chi connectivity index (χ1n) is 10.7. The topological polar surface area (TPSA) is 66.7 Å². The molecule has 1 aromatic heterocycles. The maximum absolute atomic E-state index is 5.44. The maximum atomic E-state index is 5.44. The summed E-state index contributed by atoms with van der Waals surface area (Å²) in [6, 6.07) is 8.67. The minimum absolute atomic E-state index is 0.272. The number of aromatic nitrogens is 2. The SMILES string of the molecule is CCNC(=NCC(c1cccc(OC)c1)N1CCCC1)NCCCn1ccnc1. The number of hydrogen-bond donors (Lipinski definition) is 2. The molecule has 0 bridgehead atoms. The second kappa shape index (κ2) is 11.5. The molecule has 158 valence electrons. The number of ether oxygens (including phenoxy) is 1. The van der Waals surface area contributed by atoms with Crippen LogP contribution in [0.15, 0.2) is 48.0 Å². The summed E-state index contributed by atoms with van der Waals surface area (Å²) >= 11 is 0. The van der Waals surface area contributed by atoms with Crippen molar-refractivity contribution in [3.63, 3.8) is 0 Å². The van der Waals surface area contributed by atoms with E-state index in [1.807, 2.05) is 24.8 Å². The van der Waals surface area contributed by atoms with E-state index >= 15 is 0 Å². The highest BCUT2D eigenvalue weighted by Gasteiger charge is 2.23. The lowest BCUT2D eigenvalue weighted by Gasteiger charge is -2.27. The van der Waals surface area contributed by atoms with Crippen molar-refractivity contribution < 1.29 is 4.74 Å². The smallest absolute Gasteiger partial charge is 0.191 e. The van der Waals surface area contributed by atoms with Crippen LogP contribution in [0.5, 0.6) is 5.75 Å². The second-order valence-corrected chi connectivity index (χ2v) is 7.34. The number of rotatable bonds is 10. The van der Waals surface area contributed by atoms with Crippen LogP contribution in [-0.4, -0.2) is 60.2 Å². The Kier molecular flexibility index (Phi) is 8.37. The van der Waals surface area contributed by atoms with Crippen molar-refractivity contribution in [1.82, 2.24) is 25.1 Å². The van der Waals surface area contributed by atoms with E-state index in [0.717, 1.165) is 57.4 Å². The fourth-order valence-electron chi connectivity index (χ4n) is 3.74. The third kappa shape index (κ3) is 6.49. The van der Waals surface area contributed by atoms with Crippen molar-refractivity contribution in [3.05, 3.63) is 48.5 Å². The van der Waals surface area contributed by atoms with Crippen molar-refractivity contribution in [3.8, 4) is 5.75 Å². The summed E-state index contributed by atoms with van der Waals surface area (Å²) < 4.78 is 7.54. The average molecular weight is 399 g/mol. The highest BCUT2D eigenvalue weighted by atomic mass is 16.5. The Morgan fingerprint density at radius 3 is 2.86 bits per heavy atom. The predicted octanol–water partition coefficient (Wildman–Crippen LogP) is 2.67. The quantitative estimate of drug-likeness (QED) is 0.366. The molecule has 1 fully saturated rings. The van der Waals surface area contributed by atoms with Gasteiger partial charge in [-0.2, -0.15) is 0 Å². The van der Waals surface area contributed by atoms with Gasteiger partial charge in [0.05, 0.1) is 26.0 Å². The number of aryl methyl sites for hydroxylation is 1. The highest BCUT2D eigenvalue weighted by molar-refractivity contribution is 5.79. The normalized spacial score (nSPS) is 16.0. The predicted molar refractivity (Wildman–Crippen MR) is 117 cm³/mol. The van der Waals surface area contributed by atoms with Gasteiger partial charge in [0, 0.05) is 32.0 Å². The number of aliphatic imine (C=N–C) groups is 1. The molecule has 0 amide bonds. The zero-order valence-corrected chi connectivity index (χ0v) is 17.7. The molecule has 7 heteroatoms. The van der Waals surface area contributed by atoms with E-state index in [9.17, 15) is 0 Å². The van der Waals surface area contributed by atoms with Crippen LogP contribution in [0.25, 0.3) is 0 Å². The van der Waals surface area contributed by atoms with Gasteiger partial charge in [0.1, 0.15) is 5.75 Å². The number of hydrogen-bond acceptors (Lipinski definition) is 4. The van der Waals surface area contributed by atoms with Gasteiger partial charge in [0.15, 0.2) is 5.96 Å². The van der Waals surface area contributed by atoms with Crippen LogP contribution in [0.3, 0.4) is 0 Å². The van der Waals surface area contributed by atoms with Gasteiger partial charge < -0.3 is 19.9 Å². The van der Waals surface area contributed by atoms with Gasteiger partial charge in [-0.25, -0.2) is 4.98 Å². The van der Waals surface area contributed by atoms with Gasteiger partial charge in [0.2, 0.25) is 0 Å². The van der Waals surface area contributed by atoms with Crippen molar-refractivity contribution in [2.75, 3.05) is 39.8 Å². The van der Waals surface area contributed by atoms with Gasteiger partial charge in [-0.3, -0.25) is 9.89 Å². The van der Waals surface area contributed by atoms with E-state index in [0.29, 0.717) is 0 Å². The fraction of sp³-hybridized carbons (Fsp3) is 0.545. The van der Waals surface area contributed by atoms with Gasteiger partial charge >= 0.3 is 0 Å². The number of likely N-dealkylation sites (tertiary alicyclic amines) is 1. The van der Waals surface area contributed by atoms with Crippen LogP contribution in [0.1, 0.15) is 37.8 Å². The van der Waals surface area contributed by atoms with E-state index in [4.69, 9.17) is 9.73 Å². The monoisotopic (exact) mass is 398 g/mol. The Morgan fingerprint density at radius 2 is 2.14 bits per heavy atom. The minimum atomic E-state index is 0.272. The largest absolute Gasteiger partial charge is 0.497 e. The number of nitrogens with zero attached hydrogens (tertiary/aromatic N) is 4. The van der Waals surface area contributed by atoms with Gasteiger partial charge in [-0.05, 0) is 57.0 Å². The standard InChI is InChI=1S/C22H34N6O/c1-3-24-22(25-10-7-12-27-15-11-23-18-27)26-17-21(28-13-4-5-14-28)19-8-6-9-20(16-19)29-2/h6,8-9,11,15-16,18,21H,3-5,7,10,12-14,17H2,1-2H3,(H2,24,25,26). The number of methoxy groups -OCH3 is 1. The van der Waals surface area contributed by atoms with Crippen molar-refractivity contribution in [2.45, 2.75) is 38.8 Å². The molecule has 2 aromatic rings. The third-order valence-electron chi connectivity index (χ3n) is 5.27. The molecule has 1 aliphatic rings. The highest BCUT2D eigenvalue weighted by Crippen LogP contribution is 2.27. The van der Waals surface area contributed by atoms with Crippen LogP contribution in [-0.2, 0) is 6.54 Å². The van der Waals surface area contributed by atoms with E-state index in [-0.39, 0.29) is 6.04 Å². The van der Waals surface area contributed by atoms with E-state index in [1.54, 1.807) is 7.11 Å². The molecule has 2 N–H and O–H groups in total. The van der Waals surface area contributed by atoms with Crippen LogP contribution in [0.4, 0.5) is 0 Å². The molecular weight excluding hydrogens is 364 g/mol. The minimum Gasteiger partial charge on any atom is -0.497 e. The number of imidazole rings is 1. The molecule has 1 atom stereocenters. The number of nitrogens with one attached hydrogen (secondary N) is 2. The summed E-state index contributed by atoms with van der Waals surface area (Å²) in [5, 5.41) is 6.84. The molecule has 0 radical (unpaired) electrons. The first-order valence-corrected chi connectivity index (χ1v) is 10.7. The van der Waals surface area contributed by atoms with Crippen molar-refractivity contribution in [2.24, 2.45) is 4.99 Å². The molecular formula is C22H34N6O. The van der Waals surface area contributed by atoms with E-state index in [2.05, 4.69) is 50.2 Å².